The molecule has 4 heteroatoms. The molecule has 3 N–H and O–H groups in total. The summed E-state index contributed by atoms with van der Waals surface area (Å²) in [6, 6.07) is 0. The first-order chi connectivity index (χ1) is 5.43. The summed E-state index contributed by atoms with van der Waals surface area (Å²) in [5.41, 5.74) is 2.14. The van der Waals surface area contributed by atoms with Crippen LogP contribution in [0.5, 0.6) is 0 Å². The lowest BCUT2D eigenvalue weighted by Gasteiger charge is -2.19. The smallest absolute Gasteiger partial charge is 0.0873 e. The molecule has 0 atom stereocenters. The van der Waals surface area contributed by atoms with Crippen molar-refractivity contribution in [3.8, 4) is 0 Å². The molecule has 0 aromatic rings. The van der Waals surface area contributed by atoms with E-state index >= 15 is 0 Å². The maximum absolute atomic E-state index is 4.92. The predicted octanol–water partition coefficient (Wildman–Crippen LogP) is -0.233. The quantitative estimate of drug-likeness (QED) is 0.334. The first kappa shape index (κ1) is 8.26. The molecular weight excluding hydrogens is 142 g/mol. The summed E-state index contributed by atoms with van der Waals surface area (Å²) in [5, 5.41) is 0. The standard InChI is InChI=1S/C7H13N3O/c8-9-11-7-6-10-4-2-1-3-5-10/h1-4,9H,5-8H2. The van der Waals surface area contributed by atoms with Crippen molar-refractivity contribution in [3.63, 3.8) is 0 Å². The topological polar surface area (TPSA) is 50.5 Å². The van der Waals surface area contributed by atoms with Crippen LogP contribution in [0.3, 0.4) is 0 Å². The molecule has 11 heavy (non-hydrogen) atoms. The molecule has 0 fully saturated rings. The van der Waals surface area contributed by atoms with Gasteiger partial charge in [0.05, 0.1) is 6.61 Å². The summed E-state index contributed by atoms with van der Waals surface area (Å²) in [7, 11) is 0. The second kappa shape index (κ2) is 4.90. The van der Waals surface area contributed by atoms with Gasteiger partial charge in [0.1, 0.15) is 0 Å². The van der Waals surface area contributed by atoms with Gasteiger partial charge in [0.2, 0.25) is 0 Å². The molecule has 1 aliphatic heterocycles. The molecular formula is C7H13N3O. The Hall–Kier alpha value is -0.840. The molecule has 0 bridgehead atoms. The van der Waals surface area contributed by atoms with E-state index in [1.54, 1.807) is 0 Å². The van der Waals surface area contributed by atoms with E-state index in [0.29, 0.717) is 6.61 Å². The zero-order valence-electron chi connectivity index (χ0n) is 6.36. The summed E-state index contributed by atoms with van der Waals surface area (Å²) in [6.45, 7) is 2.39. The second-order valence-corrected chi connectivity index (χ2v) is 2.23. The van der Waals surface area contributed by atoms with Gasteiger partial charge in [-0.05, 0) is 12.3 Å². The van der Waals surface area contributed by atoms with Crippen LogP contribution < -0.4 is 11.4 Å². The van der Waals surface area contributed by atoms with E-state index in [-0.39, 0.29) is 0 Å². The molecule has 0 aliphatic carbocycles. The van der Waals surface area contributed by atoms with Gasteiger partial charge in [0.15, 0.2) is 0 Å². The molecule has 0 radical (unpaired) electrons. The molecule has 0 saturated heterocycles. The molecule has 62 valence electrons. The SMILES string of the molecule is NNOCCN1C=CC=CC1. The number of hydrogen-bond acceptors (Lipinski definition) is 4. The van der Waals surface area contributed by atoms with E-state index in [2.05, 4.69) is 16.6 Å². The monoisotopic (exact) mass is 155 g/mol. The number of hydrazine groups is 1. The van der Waals surface area contributed by atoms with Gasteiger partial charge in [-0.25, -0.2) is 5.84 Å². The van der Waals surface area contributed by atoms with Gasteiger partial charge in [-0.3, -0.25) is 4.84 Å². The fourth-order valence-electron chi connectivity index (χ4n) is 0.895. The Morgan fingerprint density at radius 2 is 2.45 bits per heavy atom. The van der Waals surface area contributed by atoms with E-state index in [0.717, 1.165) is 13.1 Å². The van der Waals surface area contributed by atoms with Crippen molar-refractivity contribution in [2.45, 2.75) is 0 Å². The lowest BCUT2D eigenvalue weighted by Crippen LogP contribution is -2.29. The number of hydrogen-bond donors (Lipinski definition) is 2. The molecule has 1 heterocycles. The summed E-state index contributed by atoms with van der Waals surface area (Å²) in [6.07, 6.45) is 8.15. The second-order valence-electron chi connectivity index (χ2n) is 2.23. The van der Waals surface area contributed by atoms with Crippen molar-refractivity contribution in [3.05, 3.63) is 24.4 Å². The minimum Gasteiger partial charge on any atom is -0.371 e. The van der Waals surface area contributed by atoms with Gasteiger partial charge in [-0.1, -0.05) is 12.2 Å². The first-order valence-corrected chi connectivity index (χ1v) is 3.58. The maximum atomic E-state index is 4.92. The van der Waals surface area contributed by atoms with E-state index in [1.807, 2.05) is 18.4 Å². The number of rotatable bonds is 4. The molecule has 1 aliphatic rings. The molecule has 0 spiro atoms. The minimum absolute atomic E-state index is 0.592. The average molecular weight is 155 g/mol. The third kappa shape index (κ3) is 3.18. The Kier molecular flexibility index (Phi) is 3.68. The van der Waals surface area contributed by atoms with Crippen LogP contribution in [0.25, 0.3) is 0 Å². The summed E-state index contributed by atoms with van der Waals surface area (Å²) < 4.78 is 0. The molecule has 4 nitrogen and oxygen atoms in total. The van der Waals surface area contributed by atoms with Gasteiger partial charge in [-0.2, -0.15) is 0 Å². The van der Waals surface area contributed by atoms with Crippen molar-refractivity contribution >= 4 is 0 Å². The Morgan fingerprint density at radius 1 is 1.55 bits per heavy atom. The van der Waals surface area contributed by atoms with Gasteiger partial charge in [-0.15, -0.1) is 5.59 Å². The number of allylic oxidation sites excluding steroid dienone is 2. The third-order valence-electron chi connectivity index (χ3n) is 1.45. The van der Waals surface area contributed by atoms with Crippen LogP contribution in [0.15, 0.2) is 24.4 Å². The van der Waals surface area contributed by atoms with Crippen molar-refractivity contribution in [2.75, 3.05) is 19.7 Å². The van der Waals surface area contributed by atoms with Crippen LogP contribution in [0, 0.1) is 0 Å². The zero-order chi connectivity index (χ0) is 7.94. The van der Waals surface area contributed by atoms with E-state index in [4.69, 9.17) is 10.7 Å². The van der Waals surface area contributed by atoms with Crippen molar-refractivity contribution in [1.82, 2.24) is 10.5 Å². The molecule has 0 saturated carbocycles. The number of nitrogens with zero attached hydrogens (tertiary/aromatic N) is 1. The van der Waals surface area contributed by atoms with Crippen molar-refractivity contribution in [1.29, 1.82) is 0 Å². The molecule has 0 amide bonds. The fraction of sp³-hybridized carbons (Fsp3) is 0.429. The van der Waals surface area contributed by atoms with Crippen LogP contribution in [0.2, 0.25) is 0 Å². The van der Waals surface area contributed by atoms with Gasteiger partial charge < -0.3 is 4.90 Å². The van der Waals surface area contributed by atoms with Crippen LogP contribution in [0.1, 0.15) is 0 Å². The summed E-state index contributed by atoms with van der Waals surface area (Å²) in [5.74, 6) is 4.92. The van der Waals surface area contributed by atoms with Crippen LogP contribution >= 0.6 is 0 Å². The first-order valence-electron chi connectivity index (χ1n) is 3.58. The molecule has 0 aromatic heterocycles. The van der Waals surface area contributed by atoms with Crippen LogP contribution in [-0.4, -0.2) is 24.6 Å². The van der Waals surface area contributed by atoms with Crippen LogP contribution in [-0.2, 0) is 4.84 Å². The fourth-order valence-corrected chi connectivity index (χ4v) is 0.895. The average Bonchev–Trinajstić information content (AvgIpc) is 2.07. The van der Waals surface area contributed by atoms with Gasteiger partial charge in [0, 0.05) is 13.1 Å². The highest BCUT2D eigenvalue weighted by molar-refractivity contribution is 5.08. The Labute approximate surface area is 66.2 Å². The molecule has 1 rings (SSSR count). The maximum Gasteiger partial charge on any atom is 0.0873 e. The highest BCUT2D eigenvalue weighted by Gasteiger charge is 1.97. The third-order valence-corrected chi connectivity index (χ3v) is 1.45. The molecule has 0 aromatic carbocycles. The van der Waals surface area contributed by atoms with Gasteiger partial charge in [0.25, 0.3) is 0 Å². The highest BCUT2D eigenvalue weighted by Crippen LogP contribution is 1.96. The number of nitrogens with two attached hydrogens (primary N) is 1. The van der Waals surface area contributed by atoms with Gasteiger partial charge >= 0.3 is 0 Å². The predicted molar refractivity (Wildman–Crippen MR) is 43.1 cm³/mol. The lowest BCUT2D eigenvalue weighted by molar-refractivity contribution is 0.0330. The zero-order valence-corrected chi connectivity index (χ0v) is 6.36. The van der Waals surface area contributed by atoms with E-state index in [1.165, 1.54) is 0 Å². The van der Waals surface area contributed by atoms with Crippen LogP contribution in [0.4, 0.5) is 0 Å². The van der Waals surface area contributed by atoms with E-state index in [9.17, 15) is 0 Å². The summed E-state index contributed by atoms with van der Waals surface area (Å²) >= 11 is 0. The minimum atomic E-state index is 0.592. The number of nitrogens with one attached hydrogen (secondary N) is 1. The lowest BCUT2D eigenvalue weighted by atomic mass is 10.3. The summed E-state index contributed by atoms with van der Waals surface area (Å²) in [4.78, 5) is 6.90. The highest BCUT2D eigenvalue weighted by atomic mass is 16.7. The Bertz CT molecular complexity index is 156. The Balaban J connectivity index is 2.07. The normalized spacial score (nSPS) is 15.9. The largest absolute Gasteiger partial charge is 0.371 e. The Morgan fingerprint density at radius 3 is 3.09 bits per heavy atom. The van der Waals surface area contributed by atoms with E-state index < -0.39 is 0 Å². The van der Waals surface area contributed by atoms with Crippen molar-refractivity contribution < 1.29 is 4.84 Å². The van der Waals surface area contributed by atoms with Crippen molar-refractivity contribution in [2.24, 2.45) is 5.84 Å². The molecule has 0 unspecified atom stereocenters.